The Morgan fingerprint density at radius 2 is 1.90 bits per heavy atom. The summed E-state index contributed by atoms with van der Waals surface area (Å²) in [6.07, 6.45) is 1.29. The molecule has 7 heteroatoms. The van der Waals surface area contributed by atoms with Crippen LogP contribution in [0.1, 0.15) is 26.7 Å². The molecule has 0 aromatic heterocycles. The van der Waals surface area contributed by atoms with E-state index in [9.17, 15) is 4.79 Å². The summed E-state index contributed by atoms with van der Waals surface area (Å²) in [7, 11) is 0. The number of nitrogens with zero attached hydrogens (tertiary/aromatic N) is 1. The number of amides is 1. The van der Waals surface area contributed by atoms with Gasteiger partial charge in [-0.2, -0.15) is 0 Å². The fourth-order valence-corrected chi connectivity index (χ4v) is 2.26. The van der Waals surface area contributed by atoms with E-state index in [4.69, 9.17) is 10.5 Å². The van der Waals surface area contributed by atoms with Crippen molar-refractivity contribution in [2.75, 3.05) is 39.4 Å². The predicted molar refractivity (Wildman–Crippen MR) is 86.8 cm³/mol. The van der Waals surface area contributed by atoms with Gasteiger partial charge < -0.3 is 15.8 Å². The van der Waals surface area contributed by atoms with Gasteiger partial charge in [0.05, 0.1) is 13.2 Å². The molecule has 1 heterocycles. The molecule has 0 aromatic rings. The van der Waals surface area contributed by atoms with E-state index in [1.807, 2.05) is 0 Å². The van der Waals surface area contributed by atoms with Gasteiger partial charge in [0.2, 0.25) is 5.91 Å². The quantitative estimate of drug-likeness (QED) is 0.732. The fraction of sp³-hybridized carbons (Fsp3) is 0.923. The zero-order valence-corrected chi connectivity index (χ0v) is 14.1. The van der Waals surface area contributed by atoms with Crippen LogP contribution in [0.15, 0.2) is 0 Å². The molecule has 1 unspecified atom stereocenters. The van der Waals surface area contributed by atoms with Crippen molar-refractivity contribution in [1.29, 1.82) is 0 Å². The van der Waals surface area contributed by atoms with Crippen molar-refractivity contribution >= 4 is 30.7 Å². The van der Waals surface area contributed by atoms with Gasteiger partial charge in [-0.25, -0.2) is 0 Å². The Morgan fingerprint density at radius 3 is 2.40 bits per heavy atom. The van der Waals surface area contributed by atoms with Gasteiger partial charge in [-0.15, -0.1) is 24.8 Å². The van der Waals surface area contributed by atoms with Crippen LogP contribution in [0, 0.1) is 5.92 Å². The van der Waals surface area contributed by atoms with Crippen LogP contribution in [0.25, 0.3) is 0 Å². The summed E-state index contributed by atoms with van der Waals surface area (Å²) in [5.41, 5.74) is 5.40. The second-order valence-corrected chi connectivity index (χ2v) is 5.16. The van der Waals surface area contributed by atoms with Crippen LogP contribution < -0.4 is 11.1 Å². The van der Waals surface area contributed by atoms with Crippen LogP contribution in [0.5, 0.6) is 0 Å². The lowest BCUT2D eigenvalue weighted by Crippen LogP contribution is -2.51. The third kappa shape index (κ3) is 8.27. The van der Waals surface area contributed by atoms with Crippen molar-refractivity contribution in [3.05, 3.63) is 0 Å². The number of carbonyl (C=O) groups excluding carboxylic acids is 1. The SMILES string of the molecule is CC(C)C(CNC(=O)CCCN)N1CCOCC1.Cl.Cl. The normalized spacial score (nSPS) is 17.0. The van der Waals surface area contributed by atoms with Crippen molar-refractivity contribution in [3.63, 3.8) is 0 Å². The van der Waals surface area contributed by atoms with E-state index in [-0.39, 0.29) is 30.7 Å². The van der Waals surface area contributed by atoms with E-state index in [1.54, 1.807) is 0 Å². The molecule has 122 valence electrons. The molecule has 1 amide bonds. The zero-order chi connectivity index (χ0) is 13.4. The molecular weight excluding hydrogens is 301 g/mol. The molecule has 1 aliphatic heterocycles. The van der Waals surface area contributed by atoms with Gasteiger partial charge >= 0.3 is 0 Å². The predicted octanol–water partition coefficient (Wildman–Crippen LogP) is 1.04. The van der Waals surface area contributed by atoms with Gasteiger partial charge in [-0.1, -0.05) is 13.8 Å². The Morgan fingerprint density at radius 1 is 1.30 bits per heavy atom. The summed E-state index contributed by atoms with van der Waals surface area (Å²) in [6, 6.07) is 0.399. The third-order valence-corrected chi connectivity index (χ3v) is 3.40. The Hall–Kier alpha value is -0.0700. The molecule has 3 N–H and O–H groups in total. The second-order valence-electron chi connectivity index (χ2n) is 5.16. The van der Waals surface area contributed by atoms with Crippen molar-refractivity contribution in [3.8, 4) is 0 Å². The Bertz CT molecular complexity index is 250. The molecule has 1 fully saturated rings. The smallest absolute Gasteiger partial charge is 0.220 e. The molecule has 0 radical (unpaired) electrons. The first-order chi connectivity index (χ1) is 8.65. The summed E-state index contributed by atoms with van der Waals surface area (Å²) < 4.78 is 5.37. The van der Waals surface area contributed by atoms with E-state index in [1.165, 1.54) is 0 Å². The molecule has 1 atom stereocenters. The maximum absolute atomic E-state index is 11.6. The fourth-order valence-electron chi connectivity index (χ4n) is 2.26. The first kappa shape index (κ1) is 22.2. The molecule has 0 spiro atoms. The summed E-state index contributed by atoms with van der Waals surface area (Å²) >= 11 is 0. The minimum Gasteiger partial charge on any atom is -0.379 e. The molecule has 0 aliphatic carbocycles. The molecule has 1 rings (SSSR count). The number of nitrogens with one attached hydrogen (secondary N) is 1. The number of carbonyl (C=O) groups is 1. The summed E-state index contributed by atoms with van der Waals surface area (Å²) in [5, 5.41) is 3.02. The topological polar surface area (TPSA) is 67.6 Å². The van der Waals surface area contributed by atoms with Gasteiger partial charge in [-0.05, 0) is 18.9 Å². The monoisotopic (exact) mass is 329 g/mol. The summed E-state index contributed by atoms with van der Waals surface area (Å²) in [5.74, 6) is 0.636. The van der Waals surface area contributed by atoms with Gasteiger partial charge in [-0.3, -0.25) is 9.69 Å². The maximum Gasteiger partial charge on any atom is 0.220 e. The maximum atomic E-state index is 11.6. The van der Waals surface area contributed by atoms with Crippen LogP contribution in [-0.2, 0) is 9.53 Å². The molecule has 1 saturated heterocycles. The first-order valence-corrected chi connectivity index (χ1v) is 6.93. The summed E-state index contributed by atoms with van der Waals surface area (Å²) in [4.78, 5) is 14.0. The zero-order valence-electron chi connectivity index (χ0n) is 12.5. The first-order valence-electron chi connectivity index (χ1n) is 6.93. The lowest BCUT2D eigenvalue weighted by Gasteiger charge is -2.36. The molecule has 20 heavy (non-hydrogen) atoms. The van der Waals surface area contributed by atoms with E-state index in [0.717, 1.165) is 39.3 Å². The van der Waals surface area contributed by atoms with Crippen molar-refractivity contribution in [2.45, 2.75) is 32.7 Å². The molecular formula is C13H29Cl2N3O2. The number of hydrogen-bond donors (Lipinski definition) is 2. The minimum absolute atomic E-state index is 0. The van der Waals surface area contributed by atoms with E-state index >= 15 is 0 Å². The van der Waals surface area contributed by atoms with Crippen LogP contribution in [0.4, 0.5) is 0 Å². The van der Waals surface area contributed by atoms with Crippen LogP contribution in [0.3, 0.4) is 0 Å². The lowest BCUT2D eigenvalue weighted by molar-refractivity contribution is -0.121. The van der Waals surface area contributed by atoms with E-state index in [0.29, 0.717) is 24.9 Å². The Kier molecular flexibility index (Phi) is 14.1. The summed E-state index contributed by atoms with van der Waals surface area (Å²) in [6.45, 7) is 9.21. The number of hydrogen-bond acceptors (Lipinski definition) is 4. The van der Waals surface area contributed by atoms with E-state index < -0.39 is 0 Å². The van der Waals surface area contributed by atoms with Gasteiger partial charge in [0.1, 0.15) is 0 Å². The average Bonchev–Trinajstić information content (AvgIpc) is 2.37. The lowest BCUT2D eigenvalue weighted by atomic mass is 10.0. The Labute approximate surface area is 134 Å². The number of rotatable bonds is 7. The average molecular weight is 330 g/mol. The van der Waals surface area contributed by atoms with Crippen molar-refractivity contribution in [1.82, 2.24) is 10.2 Å². The van der Waals surface area contributed by atoms with Gasteiger partial charge in [0, 0.05) is 32.1 Å². The molecule has 0 bridgehead atoms. The van der Waals surface area contributed by atoms with E-state index in [2.05, 4.69) is 24.1 Å². The van der Waals surface area contributed by atoms with Crippen LogP contribution in [-0.4, -0.2) is 56.2 Å². The van der Waals surface area contributed by atoms with Gasteiger partial charge in [0.15, 0.2) is 0 Å². The minimum atomic E-state index is 0. The van der Waals surface area contributed by atoms with Crippen molar-refractivity contribution < 1.29 is 9.53 Å². The largest absolute Gasteiger partial charge is 0.379 e. The number of morpholine rings is 1. The third-order valence-electron chi connectivity index (χ3n) is 3.40. The van der Waals surface area contributed by atoms with Gasteiger partial charge in [0.25, 0.3) is 0 Å². The number of nitrogens with two attached hydrogens (primary N) is 1. The molecule has 1 aliphatic rings. The highest BCUT2D eigenvalue weighted by molar-refractivity contribution is 5.85. The standard InChI is InChI=1S/C13H27N3O2.2ClH/c1-11(2)12(16-6-8-18-9-7-16)10-15-13(17)4-3-5-14;;/h11-12H,3-10,14H2,1-2H3,(H,15,17);2*1H. The highest BCUT2D eigenvalue weighted by Gasteiger charge is 2.23. The second kappa shape index (κ2) is 12.7. The number of halogens is 2. The van der Waals surface area contributed by atoms with Crippen LogP contribution >= 0.6 is 24.8 Å². The molecule has 0 saturated carbocycles. The molecule has 0 aromatic carbocycles. The highest BCUT2D eigenvalue weighted by atomic mass is 35.5. The Balaban J connectivity index is 0. The highest BCUT2D eigenvalue weighted by Crippen LogP contribution is 2.12. The van der Waals surface area contributed by atoms with Crippen molar-refractivity contribution in [2.24, 2.45) is 11.7 Å². The van der Waals surface area contributed by atoms with Crippen LogP contribution in [0.2, 0.25) is 0 Å². The molecule has 5 nitrogen and oxygen atoms in total. The number of ether oxygens (including phenoxy) is 1.